The van der Waals surface area contributed by atoms with Gasteiger partial charge in [-0.3, -0.25) is 4.79 Å². The molecule has 0 spiro atoms. The van der Waals surface area contributed by atoms with E-state index >= 15 is 0 Å². The average molecular weight is 247 g/mol. The standard InChI is InChI=1S/C12H13N3O3/c1-3-12(2,11(17)18)15-10(16)8-6-4-5-7-9(8)13-14-15/h4-7H,3H2,1-2H3,(H,17,18). The number of hydrogen-bond acceptors (Lipinski definition) is 4. The predicted molar refractivity (Wildman–Crippen MR) is 65.4 cm³/mol. The Morgan fingerprint density at radius 3 is 2.72 bits per heavy atom. The topological polar surface area (TPSA) is 85.1 Å². The summed E-state index contributed by atoms with van der Waals surface area (Å²) in [4.78, 5) is 23.5. The van der Waals surface area contributed by atoms with Crippen molar-refractivity contribution in [3.8, 4) is 0 Å². The zero-order chi connectivity index (χ0) is 13.3. The Morgan fingerprint density at radius 2 is 2.11 bits per heavy atom. The van der Waals surface area contributed by atoms with Crippen LogP contribution < -0.4 is 5.56 Å². The summed E-state index contributed by atoms with van der Waals surface area (Å²) < 4.78 is 0.942. The fourth-order valence-electron chi connectivity index (χ4n) is 1.70. The molecule has 18 heavy (non-hydrogen) atoms. The van der Waals surface area contributed by atoms with Crippen molar-refractivity contribution < 1.29 is 9.90 Å². The second-order valence-electron chi connectivity index (χ2n) is 4.26. The molecule has 6 nitrogen and oxygen atoms in total. The molecule has 1 aromatic heterocycles. The molecular formula is C12H13N3O3. The zero-order valence-corrected chi connectivity index (χ0v) is 10.1. The van der Waals surface area contributed by atoms with Crippen molar-refractivity contribution in [2.24, 2.45) is 0 Å². The molecular weight excluding hydrogens is 234 g/mol. The Labute approximate surface area is 103 Å². The van der Waals surface area contributed by atoms with Crippen LogP contribution in [0.25, 0.3) is 10.9 Å². The molecule has 1 heterocycles. The maximum Gasteiger partial charge on any atom is 0.331 e. The first-order chi connectivity index (χ1) is 8.50. The van der Waals surface area contributed by atoms with E-state index in [1.807, 2.05) is 0 Å². The maximum absolute atomic E-state index is 12.2. The summed E-state index contributed by atoms with van der Waals surface area (Å²) in [6.07, 6.45) is 0.245. The Balaban J connectivity index is 2.77. The molecule has 2 rings (SSSR count). The normalized spacial score (nSPS) is 14.3. The van der Waals surface area contributed by atoms with E-state index in [0.29, 0.717) is 10.9 Å². The number of carboxylic acid groups (broad SMARTS) is 1. The monoisotopic (exact) mass is 247 g/mol. The Kier molecular flexibility index (Phi) is 2.86. The van der Waals surface area contributed by atoms with Crippen LogP contribution in [0, 0.1) is 0 Å². The minimum Gasteiger partial charge on any atom is -0.479 e. The van der Waals surface area contributed by atoms with Crippen molar-refractivity contribution in [1.82, 2.24) is 15.0 Å². The third kappa shape index (κ3) is 1.66. The van der Waals surface area contributed by atoms with Crippen LogP contribution in [0.15, 0.2) is 29.1 Å². The van der Waals surface area contributed by atoms with Gasteiger partial charge in [0.1, 0.15) is 5.52 Å². The molecule has 0 aliphatic heterocycles. The van der Waals surface area contributed by atoms with Crippen LogP contribution in [0.4, 0.5) is 0 Å². The fraction of sp³-hybridized carbons (Fsp3) is 0.333. The van der Waals surface area contributed by atoms with Gasteiger partial charge in [0, 0.05) is 0 Å². The van der Waals surface area contributed by atoms with Gasteiger partial charge in [-0.1, -0.05) is 24.3 Å². The average Bonchev–Trinajstić information content (AvgIpc) is 2.38. The summed E-state index contributed by atoms with van der Waals surface area (Å²) in [5, 5.41) is 17.3. The van der Waals surface area contributed by atoms with Gasteiger partial charge >= 0.3 is 5.97 Å². The molecule has 0 aliphatic carbocycles. The Morgan fingerprint density at radius 1 is 1.44 bits per heavy atom. The number of fused-ring (bicyclic) bond motifs is 1. The van der Waals surface area contributed by atoms with Crippen molar-refractivity contribution in [3.05, 3.63) is 34.6 Å². The number of benzene rings is 1. The zero-order valence-electron chi connectivity index (χ0n) is 10.1. The summed E-state index contributed by atoms with van der Waals surface area (Å²) in [6.45, 7) is 3.15. The van der Waals surface area contributed by atoms with E-state index in [0.717, 1.165) is 4.68 Å². The molecule has 1 unspecified atom stereocenters. The van der Waals surface area contributed by atoms with Crippen LogP contribution in [0.3, 0.4) is 0 Å². The second-order valence-corrected chi connectivity index (χ2v) is 4.26. The highest BCUT2D eigenvalue weighted by Gasteiger charge is 2.36. The molecule has 0 amide bonds. The van der Waals surface area contributed by atoms with Crippen molar-refractivity contribution in [2.45, 2.75) is 25.8 Å². The van der Waals surface area contributed by atoms with Gasteiger partial charge in [0.25, 0.3) is 5.56 Å². The van der Waals surface area contributed by atoms with Gasteiger partial charge in [-0.2, -0.15) is 4.68 Å². The molecule has 2 aromatic rings. The first-order valence-electron chi connectivity index (χ1n) is 5.59. The first-order valence-corrected chi connectivity index (χ1v) is 5.59. The molecule has 1 atom stereocenters. The summed E-state index contributed by atoms with van der Waals surface area (Å²) in [6, 6.07) is 6.73. The molecule has 0 saturated heterocycles. The summed E-state index contributed by atoms with van der Waals surface area (Å²) in [7, 11) is 0. The lowest BCUT2D eigenvalue weighted by Gasteiger charge is -2.23. The summed E-state index contributed by atoms with van der Waals surface area (Å²) in [5.41, 5.74) is -1.36. The van der Waals surface area contributed by atoms with Gasteiger partial charge in [0.05, 0.1) is 5.39 Å². The third-order valence-corrected chi connectivity index (χ3v) is 3.19. The van der Waals surface area contributed by atoms with E-state index in [9.17, 15) is 14.7 Å². The lowest BCUT2D eigenvalue weighted by atomic mass is 9.99. The minimum absolute atomic E-state index is 0.245. The Hall–Kier alpha value is -2.24. The molecule has 1 N–H and O–H groups in total. The number of carboxylic acids is 1. The number of rotatable bonds is 3. The highest BCUT2D eigenvalue weighted by molar-refractivity contribution is 5.79. The Bertz CT molecular complexity index is 665. The summed E-state index contributed by atoms with van der Waals surface area (Å²) in [5.74, 6) is -1.10. The molecule has 0 radical (unpaired) electrons. The van der Waals surface area contributed by atoms with E-state index in [1.54, 1.807) is 31.2 Å². The van der Waals surface area contributed by atoms with Crippen LogP contribution in [0.1, 0.15) is 20.3 Å². The molecule has 0 fully saturated rings. The number of nitrogens with zero attached hydrogens (tertiary/aromatic N) is 3. The lowest BCUT2D eigenvalue weighted by Crippen LogP contribution is -2.46. The van der Waals surface area contributed by atoms with E-state index in [1.165, 1.54) is 6.92 Å². The van der Waals surface area contributed by atoms with Crippen molar-refractivity contribution in [3.63, 3.8) is 0 Å². The van der Waals surface area contributed by atoms with Gasteiger partial charge in [-0.25, -0.2) is 4.79 Å². The predicted octanol–water partition coefficient (Wildman–Crippen LogP) is 1.00. The minimum atomic E-state index is -1.38. The van der Waals surface area contributed by atoms with Crippen LogP contribution >= 0.6 is 0 Å². The lowest BCUT2D eigenvalue weighted by molar-refractivity contribution is -0.147. The second kappa shape index (κ2) is 4.21. The van der Waals surface area contributed by atoms with Gasteiger partial charge in [-0.05, 0) is 25.5 Å². The van der Waals surface area contributed by atoms with Gasteiger partial charge < -0.3 is 5.11 Å². The van der Waals surface area contributed by atoms with Crippen LogP contribution in [0.2, 0.25) is 0 Å². The van der Waals surface area contributed by atoms with E-state index < -0.39 is 17.1 Å². The molecule has 0 bridgehead atoms. The van der Waals surface area contributed by atoms with Crippen LogP contribution in [-0.2, 0) is 10.3 Å². The van der Waals surface area contributed by atoms with Crippen molar-refractivity contribution >= 4 is 16.9 Å². The quantitative estimate of drug-likeness (QED) is 0.874. The van der Waals surface area contributed by atoms with Crippen LogP contribution in [-0.4, -0.2) is 26.1 Å². The third-order valence-electron chi connectivity index (χ3n) is 3.19. The number of carbonyl (C=O) groups is 1. The molecule has 0 aliphatic rings. The number of aromatic nitrogens is 3. The molecule has 1 aromatic carbocycles. The molecule has 94 valence electrons. The largest absolute Gasteiger partial charge is 0.479 e. The highest BCUT2D eigenvalue weighted by Crippen LogP contribution is 2.18. The first kappa shape index (κ1) is 12.2. The van der Waals surface area contributed by atoms with E-state index in [4.69, 9.17) is 0 Å². The summed E-state index contributed by atoms with van der Waals surface area (Å²) >= 11 is 0. The number of aliphatic carboxylic acids is 1. The van der Waals surface area contributed by atoms with Crippen LogP contribution in [0.5, 0.6) is 0 Å². The molecule has 6 heteroatoms. The smallest absolute Gasteiger partial charge is 0.331 e. The maximum atomic E-state index is 12.2. The van der Waals surface area contributed by atoms with Gasteiger partial charge in [0.15, 0.2) is 5.54 Å². The van der Waals surface area contributed by atoms with Crippen molar-refractivity contribution in [2.75, 3.05) is 0 Å². The van der Waals surface area contributed by atoms with E-state index in [-0.39, 0.29) is 6.42 Å². The highest BCUT2D eigenvalue weighted by atomic mass is 16.4. The molecule has 0 saturated carbocycles. The van der Waals surface area contributed by atoms with Crippen molar-refractivity contribution in [1.29, 1.82) is 0 Å². The van der Waals surface area contributed by atoms with Gasteiger partial charge in [-0.15, -0.1) is 5.10 Å². The SMILES string of the molecule is CCC(C)(C(=O)O)n1nnc2ccccc2c1=O. The number of hydrogen-bond donors (Lipinski definition) is 1. The fourth-order valence-corrected chi connectivity index (χ4v) is 1.70. The van der Waals surface area contributed by atoms with Gasteiger partial charge in [0.2, 0.25) is 0 Å². The van der Waals surface area contributed by atoms with E-state index in [2.05, 4.69) is 10.3 Å².